The molecule has 2 saturated carbocycles. The SMILES string of the molecule is C[C@H]([C@H]1C[C@H]2CC[C@H]1C2)N1C(=O)C(=O)N(CC(=O)Nc2ccc(F)c(F)c2)C1=O. The summed E-state index contributed by atoms with van der Waals surface area (Å²) in [5.41, 5.74) is -0.0217. The van der Waals surface area contributed by atoms with E-state index >= 15 is 0 Å². The van der Waals surface area contributed by atoms with Crippen LogP contribution in [-0.4, -0.2) is 46.1 Å². The predicted molar refractivity (Wildman–Crippen MR) is 97.3 cm³/mol. The number of benzene rings is 1. The monoisotopic (exact) mass is 405 g/mol. The number of carbonyl (C=O) groups excluding carboxylic acids is 4. The minimum absolute atomic E-state index is 0.0217. The highest BCUT2D eigenvalue weighted by atomic mass is 19.2. The number of hydrogen-bond donors (Lipinski definition) is 1. The van der Waals surface area contributed by atoms with Gasteiger partial charge >= 0.3 is 17.8 Å². The molecule has 1 N–H and O–H groups in total. The summed E-state index contributed by atoms with van der Waals surface area (Å²) in [6.07, 6.45) is 4.28. The average Bonchev–Trinajstić information content (AvgIpc) is 3.36. The van der Waals surface area contributed by atoms with E-state index in [1.54, 1.807) is 6.92 Å². The van der Waals surface area contributed by atoms with Crippen LogP contribution in [0, 0.1) is 29.4 Å². The lowest BCUT2D eigenvalue weighted by molar-refractivity contribution is -0.144. The molecule has 154 valence electrons. The van der Waals surface area contributed by atoms with E-state index in [-0.39, 0.29) is 11.6 Å². The van der Waals surface area contributed by atoms with Crippen molar-refractivity contribution in [3.05, 3.63) is 29.8 Å². The standard InChI is InChI=1S/C20H21F2N3O4/c1-10(14-7-11-2-3-12(14)6-11)25-19(28)18(27)24(20(25)29)9-17(26)23-13-4-5-15(21)16(22)8-13/h4-5,8,10-12,14H,2-3,6-7,9H2,1H3,(H,23,26)/t10-,11+,12+,14-/m1/s1. The quantitative estimate of drug-likeness (QED) is 0.603. The first kappa shape index (κ1) is 19.5. The number of fused-ring (bicyclic) bond motifs is 2. The van der Waals surface area contributed by atoms with E-state index < -0.39 is 48.0 Å². The molecule has 7 nitrogen and oxygen atoms in total. The number of anilines is 1. The van der Waals surface area contributed by atoms with Crippen molar-refractivity contribution in [3.8, 4) is 0 Å². The number of halogens is 2. The van der Waals surface area contributed by atoms with E-state index in [2.05, 4.69) is 5.32 Å². The normalized spacial score (nSPS) is 27.1. The highest BCUT2D eigenvalue weighted by Crippen LogP contribution is 2.50. The summed E-state index contributed by atoms with van der Waals surface area (Å²) < 4.78 is 26.2. The van der Waals surface area contributed by atoms with Crippen LogP contribution in [0.15, 0.2) is 18.2 Å². The van der Waals surface area contributed by atoms with E-state index in [1.807, 2.05) is 0 Å². The molecule has 1 aromatic rings. The van der Waals surface area contributed by atoms with Crippen molar-refractivity contribution in [2.75, 3.05) is 11.9 Å². The van der Waals surface area contributed by atoms with Gasteiger partial charge in [-0.2, -0.15) is 0 Å². The Kier molecular flexibility index (Phi) is 4.84. The lowest BCUT2D eigenvalue weighted by atomic mass is 9.83. The predicted octanol–water partition coefficient (Wildman–Crippen LogP) is 2.52. The van der Waals surface area contributed by atoms with Crippen molar-refractivity contribution >= 4 is 29.4 Å². The summed E-state index contributed by atoms with van der Waals surface area (Å²) >= 11 is 0. The van der Waals surface area contributed by atoms with Gasteiger partial charge in [0, 0.05) is 17.8 Å². The minimum atomic E-state index is -1.14. The second-order valence-electron chi connectivity index (χ2n) is 8.11. The van der Waals surface area contributed by atoms with Crippen LogP contribution in [0.1, 0.15) is 32.6 Å². The Bertz CT molecular complexity index is 906. The molecule has 2 bridgehead atoms. The summed E-state index contributed by atoms with van der Waals surface area (Å²) in [5, 5.41) is 2.29. The Labute approximate surface area is 166 Å². The van der Waals surface area contributed by atoms with E-state index in [0.29, 0.717) is 16.7 Å². The van der Waals surface area contributed by atoms with Gasteiger partial charge in [0.2, 0.25) is 5.91 Å². The zero-order valence-corrected chi connectivity index (χ0v) is 15.9. The molecular formula is C20H21F2N3O4. The molecule has 4 atom stereocenters. The van der Waals surface area contributed by atoms with E-state index in [1.165, 1.54) is 6.42 Å². The van der Waals surface area contributed by atoms with Gasteiger partial charge < -0.3 is 5.32 Å². The van der Waals surface area contributed by atoms with Gasteiger partial charge in [-0.1, -0.05) is 6.42 Å². The van der Waals surface area contributed by atoms with Crippen molar-refractivity contribution in [1.82, 2.24) is 9.80 Å². The molecule has 0 spiro atoms. The van der Waals surface area contributed by atoms with Gasteiger partial charge in [-0.05, 0) is 56.1 Å². The van der Waals surface area contributed by atoms with Crippen molar-refractivity contribution in [3.63, 3.8) is 0 Å². The number of nitrogens with zero attached hydrogens (tertiary/aromatic N) is 2. The van der Waals surface area contributed by atoms with Gasteiger partial charge in [-0.25, -0.2) is 18.5 Å². The highest BCUT2D eigenvalue weighted by Gasteiger charge is 2.52. The smallest absolute Gasteiger partial charge is 0.324 e. The summed E-state index contributed by atoms with van der Waals surface area (Å²) in [6.45, 7) is 1.10. The fraction of sp³-hybridized carbons (Fsp3) is 0.500. The average molecular weight is 405 g/mol. The molecule has 29 heavy (non-hydrogen) atoms. The molecule has 4 rings (SSSR count). The van der Waals surface area contributed by atoms with Crippen LogP contribution in [-0.2, 0) is 14.4 Å². The van der Waals surface area contributed by atoms with Crippen LogP contribution in [0.4, 0.5) is 19.3 Å². The van der Waals surface area contributed by atoms with Crippen LogP contribution in [0.2, 0.25) is 0 Å². The summed E-state index contributed by atoms with van der Waals surface area (Å²) in [5.74, 6) is -3.73. The van der Waals surface area contributed by atoms with Crippen LogP contribution in [0.3, 0.4) is 0 Å². The third kappa shape index (κ3) is 3.38. The summed E-state index contributed by atoms with van der Waals surface area (Å²) in [4.78, 5) is 51.3. The zero-order valence-electron chi connectivity index (χ0n) is 15.9. The molecule has 1 aromatic carbocycles. The molecule has 1 aliphatic heterocycles. The van der Waals surface area contributed by atoms with Gasteiger partial charge in [-0.15, -0.1) is 0 Å². The Balaban J connectivity index is 1.43. The fourth-order valence-electron chi connectivity index (χ4n) is 5.02. The molecule has 3 fully saturated rings. The lowest BCUT2D eigenvalue weighted by Gasteiger charge is -2.32. The molecule has 9 heteroatoms. The van der Waals surface area contributed by atoms with E-state index in [9.17, 15) is 28.0 Å². The highest BCUT2D eigenvalue weighted by molar-refractivity contribution is 6.45. The molecular weight excluding hydrogens is 384 g/mol. The molecule has 5 amide bonds. The number of imide groups is 2. The van der Waals surface area contributed by atoms with Crippen molar-refractivity contribution in [1.29, 1.82) is 0 Å². The van der Waals surface area contributed by atoms with Gasteiger partial charge in [0.1, 0.15) is 6.54 Å². The molecule has 1 heterocycles. The largest absolute Gasteiger partial charge is 0.334 e. The number of amides is 5. The molecule has 0 aromatic heterocycles. The minimum Gasteiger partial charge on any atom is -0.324 e. The Morgan fingerprint density at radius 3 is 2.52 bits per heavy atom. The zero-order chi connectivity index (χ0) is 20.9. The first-order chi connectivity index (χ1) is 13.8. The van der Waals surface area contributed by atoms with Crippen LogP contribution < -0.4 is 5.32 Å². The summed E-state index contributed by atoms with van der Waals surface area (Å²) in [6, 6.07) is 1.57. The Hall–Kier alpha value is -2.84. The number of hydrogen-bond acceptors (Lipinski definition) is 4. The topological polar surface area (TPSA) is 86.8 Å². The second-order valence-corrected chi connectivity index (χ2v) is 8.11. The van der Waals surface area contributed by atoms with Crippen molar-refractivity contribution in [2.45, 2.75) is 38.6 Å². The third-order valence-corrected chi connectivity index (χ3v) is 6.41. The molecule has 0 radical (unpaired) electrons. The lowest BCUT2D eigenvalue weighted by Crippen LogP contribution is -2.45. The number of carbonyl (C=O) groups is 4. The Morgan fingerprint density at radius 2 is 1.90 bits per heavy atom. The van der Waals surface area contributed by atoms with Crippen molar-refractivity contribution < 1.29 is 28.0 Å². The first-order valence-corrected chi connectivity index (χ1v) is 9.70. The maximum Gasteiger partial charge on any atom is 0.334 e. The van der Waals surface area contributed by atoms with E-state index in [4.69, 9.17) is 0 Å². The number of rotatable bonds is 5. The van der Waals surface area contributed by atoms with Gasteiger partial charge in [0.25, 0.3) is 0 Å². The second kappa shape index (κ2) is 7.20. The fourth-order valence-corrected chi connectivity index (χ4v) is 5.02. The maximum atomic E-state index is 13.3. The number of urea groups is 1. The first-order valence-electron chi connectivity index (χ1n) is 9.70. The molecule has 2 aliphatic carbocycles. The number of nitrogens with one attached hydrogen (secondary N) is 1. The van der Waals surface area contributed by atoms with Crippen LogP contribution >= 0.6 is 0 Å². The van der Waals surface area contributed by atoms with Gasteiger partial charge in [-0.3, -0.25) is 19.3 Å². The van der Waals surface area contributed by atoms with Crippen LogP contribution in [0.25, 0.3) is 0 Å². The van der Waals surface area contributed by atoms with Crippen molar-refractivity contribution in [2.24, 2.45) is 17.8 Å². The third-order valence-electron chi connectivity index (χ3n) is 6.41. The van der Waals surface area contributed by atoms with Crippen LogP contribution in [0.5, 0.6) is 0 Å². The van der Waals surface area contributed by atoms with Gasteiger partial charge in [0.15, 0.2) is 11.6 Å². The van der Waals surface area contributed by atoms with Gasteiger partial charge in [0.05, 0.1) is 0 Å². The molecule has 3 aliphatic rings. The molecule has 1 saturated heterocycles. The van der Waals surface area contributed by atoms with E-state index in [0.717, 1.165) is 42.4 Å². The summed E-state index contributed by atoms with van der Waals surface area (Å²) in [7, 11) is 0. The maximum absolute atomic E-state index is 13.3. The molecule has 0 unspecified atom stereocenters. The Morgan fingerprint density at radius 1 is 1.14 bits per heavy atom.